The predicted molar refractivity (Wildman–Crippen MR) is 58.3 cm³/mol. The van der Waals surface area contributed by atoms with Crippen molar-refractivity contribution < 1.29 is 18.3 Å². The first-order valence-corrected chi connectivity index (χ1v) is 6.20. The van der Waals surface area contributed by atoms with E-state index in [0.29, 0.717) is 0 Å². The fourth-order valence-corrected chi connectivity index (χ4v) is 2.25. The van der Waals surface area contributed by atoms with Gasteiger partial charge in [-0.25, -0.2) is 0 Å². The van der Waals surface area contributed by atoms with Gasteiger partial charge in [-0.3, -0.25) is 4.57 Å². The van der Waals surface area contributed by atoms with Crippen molar-refractivity contribution in [2.45, 2.75) is 6.16 Å². The lowest BCUT2D eigenvalue weighted by Gasteiger charge is -2.13. The molecule has 15 heavy (non-hydrogen) atoms. The van der Waals surface area contributed by atoms with Crippen LogP contribution in [-0.4, -0.2) is 21.3 Å². The van der Waals surface area contributed by atoms with Crippen LogP contribution >= 0.6 is 7.60 Å². The zero-order valence-corrected chi connectivity index (χ0v) is 9.99. The number of hydrogen-bond donors (Lipinski definition) is 0. The smallest absolute Gasteiger partial charge is 0.334 e. The van der Waals surface area contributed by atoms with Crippen molar-refractivity contribution >= 4 is 7.60 Å². The van der Waals surface area contributed by atoms with Crippen molar-refractivity contribution in [1.82, 2.24) is 0 Å². The van der Waals surface area contributed by atoms with E-state index in [0.717, 1.165) is 11.3 Å². The van der Waals surface area contributed by atoms with E-state index in [2.05, 4.69) is 0 Å². The lowest BCUT2D eigenvalue weighted by molar-refractivity contribution is 0.274. The molecular weight excluding hydrogens is 215 g/mol. The lowest BCUT2D eigenvalue weighted by Crippen LogP contribution is -1.94. The summed E-state index contributed by atoms with van der Waals surface area (Å²) in [6.45, 7) is 0. The van der Waals surface area contributed by atoms with Gasteiger partial charge >= 0.3 is 7.60 Å². The Bertz CT molecular complexity index is 356. The topological polar surface area (TPSA) is 44.8 Å². The molecule has 0 N–H and O–H groups in total. The molecule has 84 valence electrons. The quantitative estimate of drug-likeness (QED) is 0.729. The van der Waals surface area contributed by atoms with Crippen LogP contribution in [0.25, 0.3) is 0 Å². The van der Waals surface area contributed by atoms with Gasteiger partial charge in [0.25, 0.3) is 0 Å². The Labute approximate surface area is 89.7 Å². The normalized spacial score (nSPS) is 11.4. The molecule has 0 aliphatic carbocycles. The van der Waals surface area contributed by atoms with Crippen LogP contribution in [0.4, 0.5) is 0 Å². The number of rotatable bonds is 5. The standard InChI is InChI=1S/C10H15O4P/c1-12-10-6-4-5-9(7-10)8-15(11,13-2)14-3/h4-7H,8H2,1-3H3. The Balaban J connectivity index is 2.84. The van der Waals surface area contributed by atoms with Gasteiger partial charge in [0.15, 0.2) is 0 Å². The number of ether oxygens (including phenoxy) is 1. The van der Waals surface area contributed by atoms with Crippen LogP contribution in [0, 0.1) is 0 Å². The van der Waals surface area contributed by atoms with E-state index in [9.17, 15) is 4.57 Å². The minimum absolute atomic E-state index is 0.247. The molecule has 0 aromatic heterocycles. The largest absolute Gasteiger partial charge is 0.497 e. The molecule has 1 aromatic carbocycles. The summed E-state index contributed by atoms with van der Waals surface area (Å²) >= 11 is 0. The van der Waals surface area contributed by atoms with Gasteiger partial charge in [0.2, 0.25) is 0 Å². The minimum atomic E-state index is -2.99. The molecule has 0 fully saturated rings. The van der Waals surface area contributed by atoms with Crippen molar-refractivity contribution in [3.05, 3.63) is 29.8 Å². The van der Waals surface area contributed by atoms with Crippen LogP contribution in [0.2, 0.25) is 0 Å². The molecule has 1 rings (SSSR count). The molecule has 0 unspecified atom stereocenters. The van der Waals surface area contributed by atoms with E-state index in [1.807, 2.05) is 24.3 Å². The third kappa shape index (κ3) is 3.34. The van der Waals surface area contributed by atoms with E-state index in [1.54, 1.807) is 7.11 Å². The van der Waals surface area contributed by atoms with Crippen molar-refractivity contribution in [3.8, 4) is 5.75 Å². The van der Waals surface area contributed by atoms with Gasteiger partial charge in [0, 0.05) is 14.2 Å². The highest BCUT2D eigenvalue weighted by atomic mass is 31.2. The van der Waals surface area contributed by atoms with Gasteiger partial charge in [-0.15, -0.1) is 0 Å². The average Bonchev–Trinajstić information content (AvgIpc) is 2.29. The molecule has 0 radical (unpaired) electrons. The Morgan fingerprint density at radius 2 is 1.87 bits per heavy atom. The van der Waals surface area contributed by atoms with E-state index in [1.165, 1.54) is 14.2 Å². The first-order valence-electron chi connectivity index (χ1n) is 4.47. The summed E-state index contributed by atoms with van der Waals surface area (Å²) in [6, 6.07) is 7.33. The molecular formula is C10H15O4P. The minimum Gasteiger partial charge on any atom is -0.497 e. The second-order valence-corrected chi connectivity index (χ2v) is 5.25. The number of benzene rings is 1. The van der Waals surface area contributed by atoms with Crippen molar-refractivity contribution in [2.24, 2.45) is 0 Å². The highest BCUT2D eigenvalue weighted by Gasteiger charge is 2.21. The fraction of sp³-hybridized carbons (Fsp3) is 0.400. The third-order valence-electron chi connectivity index (χ3n) is 2.07. The van der Waals surface area contributed by atoms with Crippen LogP contribution < -0.4 is 4.74 Å². The molecule has 0 aliphatic rings. The lowest BCUT2D eigenvalue weighted by atomic mass is 10.2. The van der Waals surface area contributed by atoms with E-state index in [4.69, 9.17) is 13.8 Å². The molecule has 0 heterocycles. The molecule has 0 amide bonds. The van der Waals surface area contributed by atoms with E-state index >= 15 is 0 Å². The highest BCUT2D eigenvalue weighted by molar-refractivity contribution is 7.52. The number of methoxy groups -OCH3 is 1. The maximum atomic E-state index is 11.8. The first-order chi connectivity index (χ1) is 7.13. The Morgan fingerprint density at radius 3 is 2.40 bits per heavy atom. The summed E-state index contributed by atoms with van der Waals surface area (Å²) in [7, 11) is 1.36. The highest BCUT2D eigenvalue weighted by Crippen LogP contribution is 2.49. The van der Waals surface area contributed by atoms with Gasteiger partial charge in [-0.05, 0) is 17.7 Å². The molecule has 0 saturated carbocycles. The second-order valence-electron chi connectivity index (χ2n) is 2.99. The van der Waals surface area contributed by atoms with Crippen LogP contribution in [0.5, 0.6) is 5.75 Å². The van der Waals surface area contributed by atoms with Gasteiger partial charge in [0.05, 0.1) is 13.3 Å². The van der Waals surface area contributed by atoms with Crippen LogP contribution in [0.15, 0.2) is 24.3 Å². The van der Waals surface area contributed by atoms with E-state index < -0.39 is 7.60 Å². The average molecular weight is 230 g/mol. The molecule has 4 nitrogen and oxygen atoms in total. The van der Waals surface area contributed by atoms with Crippen LogP contribution in [0.3, 0.4) is 0 Å². The molecule has 5 heteroatoms. The molecule has 0 aliphatic heterocycles. The summed E-state index contributed by atoms with van der Waals surface area (Å²) in [5.74, 6) is 0.728. The summed E-state index contributed by atoms with van der Waals surface area (Å²) in [5, 5.41) is 0. The summed E-state index contributed by atoms with van der Waals surface area (Å²) in [5.41, 5.74) is 0.862. The van der Waals surface area contributed by atoms with Gasteiger partial charge in [-0.2, -0.15) is 0 Å². The van der Waals surface area contributed by atoms with Crippen LogP contribution in [0.1, 0.15) is 5.56 Å². The predicted octanol–water partition coefficient (Wildman–Crippen LogP) is 2.68. The summed E-state index contributed by atoms with van der Waals surface area (Å²) < 4.78 is 26.6. The van der Waals surface area contributed by atoms with Gasteiger partial charge in [-0.1, -0.05) is 12.1 Å². The first kappa shape index (κ1) is 12.2. The van der Waals surface area contributed by atoms with Crippen molar-refractivity contribution in [3.63, 3.8) is 0 Å². The number of hydrogen-bond acceptors (Lipinski definition) is 4. The van der Waals surface area contributed by atoms with Crippen molar-refractivity contribution in [1.29, 1.82) is 0 Å². The third-order valence-corrected chi connectivity index (χ3v) is 3.93. The Hall–Kier alpha value is -0.830. The van der Waals surface area contributed by atoms with E-state index in [-0.39, 0.29) is 6.16 Å². The second kappa shape index (κ2) is 5.31. The molecule has 0 spiro atoms. The van der Waals surface area contributed by atoms with Gasteiger partial charge in [0.1, 0.15) is 5.75 Å². The van der Waals surface area contributed by atoms with Gasteiger partial charge < -0.3 is 13.8 Å². The monoisotopic (exact) mass is 230 g/mol. The maximum absolute atomic E-state index is 11.8. The maximum Gasteiger partial charge on any atom is 0.334 e. The Morgan fingerprint density at radius 1 is 1.20 bits per heavy atom. The zero-order valence-electron chi connectivity index (χ0n) is 9.10. The summed E-state index contributed by atoms with van der Waals surface area (Å²) in [4.78, 5) is 0. The SMILES string of the molecule is COc1cccc(CP(=O)(OC)OC)c1. The van der Waals surface area contributed by atoms with Crippen molar-refractivity contribution in [2.75, 3.05) is 21.3 Å². The molecule has 0 atom stereocenters. The summed E-state index contributed by atoms with van der Waals surface area (Å²) in [6.07, 6.45) is 0.247. The molecule has 0 bridgehead atoms. The molecule has 0 saturated heterocycles. The zero-order chi connectivity index (χ0) is 11.3. The van der Waals surface area contributed by atoms with Crippen LogP contribution in [-0.2, 0) is 19.8 Å². The fourth-order valence-electron chi connectivity index (χ4n) is 1.20. The Kier molecular flexibility index (Phi) is 4.33. The molecule has 1 aromatic rings.